The van der Waals surface area contributed by atoms with Crippen LogP contribution in [0.1, 0.15) is 62.5 Å². The molecule has 4 rings (SSSR count). The summed E-state index contributed by atoms with van der Waals surface area (Å²) in [6.07, 6.45) is 8.99. The summed E-state index contributed by atoms with van der Waals surface area (Å²) in [5.41, 5.74) is 16.1. The number of nitrogen functional groups attached to an aromatic ring is 1. The lowest BCUT2D eigenvalue weighted by molar-refractivity contribution is 0.207. The molecule has 10 heteroatoms. The number of amidine groups is 1. The molecule has 9 nitrogen and oxygen atoms in total. The number of nitrogens with zero attached hydrogens (tertiary/aromatic N) is 1. The van der Waals surface area contributed by atoms with Crippen molar-refractivity contribution in [3.8, 4) is 0 Å². The molecule has 0 unspecified atom stereocenters. The van der Waals surface area contributed by atoms with Crippen LogP contribution < -0.4 is 32.1 Å². The summed E-state index contributed by atoms with van der Waals surface area (Å²) in [6, 6.07) is 16.4. The van der Waals surface area contributed by atoms with Gasteiger partial charge in [0.1, 0.15) is 5.84 Å². The van der Waals surface area contributed by atoms with E-state index in [1.807, 2.05) is 30.3 Å². The molecule has 2 aromatic carbocycles. The molecule has 2 aromatic rings. The Morgan fingerprint density at radius 2 is 1.70 bits per heavy atom. The monoisotopic (exact) mass is 604 g/mol. The van der Waals surface area contributed by atoms with Crippen LogP contribution in [0.3, 0.4) is 0 Å². The van der Waals surface area contributed by atoms with Crippen molar-refractivity contribution in [3.63, 3.8) is 0 Å². The Kier molecular flexibility index (Phi) is 12.4. The van der Waals surface area contributed by atoms with E-state index in [9.17, 15) is 4.79 Å². The van der Waals surface area contributed by atoms with E-state index < -0.39 is 0 Å². The van der Waals surface area contributed by atoms with E-state index in [-0.39, 0.29) is 24.0 Å². The molecule has 0 aromatic heterocycles. The van der Waals surface area contributed by atoms with E-state index in [0.29, 0.717) is 31.0 Å². The van der Waals surface area contributed by atoms with Crippen LogP contribution in [-0.4, -0.2) is 54.5 Å². The van der Waals surface area contributed by atoms with Gasteiger partial charge >= 0.3 is 6.03 Å². The van der Waals surface area contributed by atoms with Crippen LogP contribution in [0.15, 0.2) is 78.0 Å². The van der Waals surface area contributed by atoms with E-state index in [1.54, 1.807) is 11.9 Å². The molecule has 0 spiro atoms. The van der Waals surface area contributed by atoms with Crippen LogP contribution in [0.4, 0.5) is 10.5 Å². The van der Waals surface area contributed by atoms with Gasteiger partial charge < -0.3 is 32.3 Å². The largest absolute Gasteiger partial charge is 0.384 e. The van der Waals surface area contributed by atoms with Crippen molar-refractivity contribution in [1.82, 2.24) is 20.3 Å². The average molecular weight is 605 g/mol. The second kappa shape index (κ2) is 16.4. The maximum atomic E-state index is 12.6. The SMILES string of the molecule is C=C(CCN)Nc1cccc(SN[C@@H](Cc2cccc(C(=N)N)c2)C(=C)N2CCC(NC(=O)NC3CCCCC3)CC2)c1. The standard InChI is InChI=1S/C33H48N8OS/c1-23(14-17-34)37-29-12-7-13-30(22-29)43-40-31(21-25-8-6-9-26(20-25)32(35)36)24(2)41-18-15-28(16-19-41)39-33(42)38-27-10-4-3-5-11-27/h6-9,12-13,20,22,27-28,31,37,40H,1-5,10-11,14-19,21,34H2,(H3,35,36)(H2,38,39,42)/t31-/m0/s1. The minimum Gasteiger partial charge on any atom is -0.384 e. The smallest absolute Gasteiger partial charge is 0.315 e. The van der Waals surface area contributed by atoms with Crippen LogP contribution in [0.25, 0.3) is 0 Å². The van der Waals surface area contributed by atoms with E-state index >= 15 is 0 Å². The lowest BCUT2D eigenvalue weighted by Gasteiger charge is -2.38. The van der Waals surface area contributed by atoms with Gasteiger partial charge in [-0.2, -0.15) is 0 Å². The molecule has 1 atom stereocenters. The summed E-state index contributed by atoms with van der Waals surface area (Å²) in [7, 11) is 0. The summed E-state index contributed by atoms with van der Waals surface area (Å²) in [5.74, 6) is 0.0576. The molecule has 2 aliphatic rings. The van der Waals surface area contributed by atoms with Gasteiger partial charge in [-0.25, -0.2) is 4.79 Å². The highest BCUT2D eigenvalue weighted by molar-refractivity contribution is 7.97. The number of anilines is 1. The third-order valence-corrected chi connectivity index (χ3v) is 9.07. The molecule has 232 valence electrons. The number of carbonyl (C=O) groups excluding carboxylic acids is 1. The molecule has 0 radical (unpaired) electrons. The van der Waals surface area contributed by atoms with E-state index in [4.69, 9.17) is 16.9 Å². The number of likely N-dealkylation sites (tertiary alicyclic amines) is 1. The highest BCUT2D eigenvalue weighted by Gasteiger charge is 2.26. The van der Waals surface area contributed by atoms with Crippen LogP contribution in [0.5, 0.6) is 0 Å². The summed E-state index contributed by atoms with van der Waals surface area (Å²) in [4.78, 5) is 16.0. The predicted octanol–water partition coefficient (Wildman–Crippen LogP) is 5.06. The summed E-state index contributed by atoms with van der Waals surface area (Å²) in [5, 5.41) is 17.6. The van der Waals surface area contributed by atoms with Gasteiger partial charge in [0.15, 0.2) is 0 Å². The summed E-state index contributed by atoms with van der Waals surface area (Å²) < 4.78 is 3.67. The van der Waals surface area contributed by atoms with Crippen LogP contribution in [0.2, 0.25) is 0 Å². The van der Waals surface area contributed by atoms with Crippen molar-refractivity contribution >= 4 is 29.5 Å². The van der Waals surface area contributed by atoms with Crippen molar-refractivity contribution in [3.05, 3.63) is 84.2 Å². The zero-order valence-electron chi connectivity index (χ0n) is 25.2. The number of urea groups is 1. The average Bonchev–Trinajstić information content (AvgIpc) is 3.00. The molecular weight excluding hydrogens is 556 g/mol. The Morgan fingerprint density at radius 3 is 2.40 bits per heavy atom. The lowest BCUT2D eigenvalue weighted by atomic mass is 9.96. The molecule has 2 fully saturated rings. The second-order valence-electron chi connectivity index (χ2n) is 11.6. The molecule has 1 saturated carbocycles. The maximum absolute atomic E-state index is 12.6. The molecule has 1 heterocycles. The zero-order chi connectivity index (χ0) is 30.6. The highest BCUT2D eigenvalue weighted by atomic mass is 32.2. The number of hydrogen-bond acceptors (Lipinski definition) is 7. The van der Waals surface area contributed by atoms with Gasteiger partial charge in [-0.3, -0.25) is 10.1 Å². The fraction of sp³-hybridized carbons (Fsp3) is 0.455. The van der Waals surface area contributed by atoms with Crippen molar-refractivity contribution < 1.29 is 4.79 Å². The van der Waals surface area contributed by atoms with Crippen LogP contribution >= 0.6 is 11.9 Å². The molecule has 1 aliphatic heterocycles. The highest BCUT2D eigenvalue weighted by Crippen LogP contribution is 2.25. The van der Waals surface area contributed by atoms with Gasteiger partial charge in [0.2, 0.25) is 0 Å². The molecule has 1 aliphatic carbocycles. The van der Waals surface area contributed by atoms with E-state index in [1.165, 1.54) is 19.3 Å². The van der Waals surface area contributed by atoms with Gasteiger partial charge in [-0.05, 0) is 86.8 Å². The Hall–Kier alpha value is -3.47. The van der Waals surface area contributed by atoms with Gasteiger partial charge in [-0.15, -0.1) is 0 Å². The molecule has 2 amide bonds. The first kappa shape index (κ1) is 32.4. The minimum absolute atomic E-state index is 0.0335. The summed E-state index contributed by atoms with van der Waals surface area (Å²) >= 11 is 1.57. The van der Waals surface area contributed by atoms with Crippen molar-refractivity contribution in [2.45, 2.75) is 80.8 Å². The Bertz CT molecular complexity index is 1250. The van der Waals surface area contributed by atoms with Gasteiger partial charge in [0.05, 0.1) is 6.04 Å². The van der Waals surface area contributed by atoms with Crippen LogP contribution in [-0.2, 0) is 6.42 Å². The van der Waals surface area contributed by atoms with E-state index in [2.05, 4.69) is 56.9 Å². The van der Waals surface area contributed by atoms with Crippen molar-refractivity contribution in [1.29, 1.82) is 5.41 Å². The number of carbonyl (C=O) groups is 1. The topological polar surface area (TPSA) is 144 Å². The number of rotatable bonds is 14. The number of hydrogen-bond donors (Lipinski definition) is 7. The molecule has 0 bridgehead atoms. The Labute approximate surface area is 261 Å². The molecule has 9 N–H and O–H groups in total. The number of nitrogens with one attached hydrogen (secondary N) is 5. The normalized spacial score (nSPS) is 16.7. The number of benzene rings is 2. The van der Waals surface area contributed by atoms with Gasteiger partial charge in [-0.1, -0.05) is 56.7 Å². The van der Waals surface area contributed by atoms with Gasteiger partial charge in [0.25, 0.3) is 0 Å². The fourth-order valence-electron chi connectivity index (χ4n) is 5.74. The van der Waals surface area contributed by atoms with Crippen molar-refractivity contribution in [2.75, 3.05) is 25.0 Å². The molecular formula is C33H48N8OS. The lowest BCUT2D eigenvalue weighted by Crippen LogP contribution is -2.51. The van der Waals surface area contributed by atoms with Crippen LogP contribution in [0, 0.1) is 5.41 Å². The summed E-state index contributed by atoms with van der Waals surface area (Å²) in [6.45, 7) is 10.8. The third kappa shape index (κ3) is 10.3. The Balaban J connectivity index is 1.37. The zero-order valence-corrected chi connectivity index (χ0v) is 26.0. The quantitative estimate of drug-likeness (QED) is 0.0907. The first-order valence-corrected chi connectivity index (χ1v) is 16.2. The number of nitrogens with two attached hydrogens (primary N) is 2. The second-order valence-corrected chi connectivity index (χ2v) is 12.5. The first-order chi connectivity index (χ1) is 20.8. The number of piperidine rings is 1. The third-order valence-electron chi connectivity index (χ3n) is 8.18. The molecule has 1 saturated heterocycles. The fourth-order valence-corrected chi connectivity index (χ4v) is 6.57. The molecule has 43 heavy (non-hydrogen) atoms. The predicted molar refractivity (Wildman–Crippen MR) is 179 cm³/mol. The van der Waals surface area contributed by atoms with Crippen molar-refractivity contribution in [2.24, 2.45) is 11.5 Å². The van der Waals surface area contributed by atoms with E-state index in [0.717, 1.165) is 66.3 Å². The first-order valence-electron chi connectivity index (χ1n) is 15.4. The number of amides is 2. The van der Waals surface area contributed by atoms with Gasteiger partial charge in [0, 0.05) is 52.7 Å². The maximum Gasteiger partial charge on any atom is 0.315 e. The Morgan fingerprint density at radius 1 is 1.00 bits per heavy atom. The minimum atomic E-state index is -0.0601.